The number of nitrogens with zero attached hydrogens (tertiary/aromatic N) is 1. The van der Waals surface area contributed by atoms with Crippen LogP contribution in [0.4, 0.5) is 0 Å². The van der Waals surface area contributed by atoms with E-state index in [4.69, 9.17) is 4.74 Å². The van der Waals surface area contributed by atoms with Gasteiger partial charge in [0.2, 0.25) is 0 Å². The highest BCUT2D eigenvalue weighted by Crippen LogP contribution is 2.24. The number of esters is 1. The summed E-state index contributed by atoms with van der Waals surface area (Å²) in [6, 6.07) is 9.48. The lowest BCUT2D eigenvalue weighted by Gasteiger charge is -2.26. The van der Waals surface area contributed by atoms with Gasteiger partial charge in [0.15, 0.2) is 9.84 Å². The predicted octanol–water partition coefficient (Wildman–Crippen LogP) is 1.44. The fraction of sp³-hybridized carbons (Fsp3) is 0.500. The van der Waals surface area contributed by atoms with Gasteiger partial charge in [-0.15, -0.1) is 0 Å². The Labute approximate surface area is 138 Å². The second-order valence-corrected chi connectivity index (χ2v) is 8.48. The van der Waals surface area contributed by atoms with Crippen molar-refractivity contribution >= 4 is 38.4 Å². The van der Waals surface area contributed by atoms with Crippen LogP contribution in [0.15, 0.2) is 30.3 Å². The molecule has 1 fully saturated rings. The highest BCUT2D eigenvalue weighted by atomic mass is 127. The van der Waals surface area contributed by atoms with Crippen molar-refractivity contribution in [2.75, 3.05) is 37.7 Å². The third-order valence-electron chi connectivity index (χ3n) is 3.39. The molecule has 0 saturated carbocycles. The molecule has 0 spiro atoms. The molecule has 1 heterocycles. The smallest absolute Gasteiger partial charge is 0.323 e. The molecular weight excluding hydrogens is 405 g/mol. The standard InChI is InChI=1S/C14H18INO4S/c15-13(12-4-2-1-3-5-12)14(17)20-9-6-16-7-10-21(18,19)11-8-16/h1-5,13H,6-11H2. The van der Waals surface area contributed by atoms with E-state index < -0.39 is 9.84 Å². The third kappa shape index (κ3) is 5.23. The van der Waals surface area contributed by atoms with Crippen molar-refractivity contribution < 1.29 is 17.9 Å². The fourth-order valence-corrected chi connectivity index (χ4v) is 3.95. The highest BCUT2D eigenvalue weighted by molar-refractivity contribution is 14.1. The van der Waals surface area contributed by atoms with Crippen LogP contribution >= 0.6 is 22.6 Å². The second-order valence-electron chi connectivity index (χ2n) is 4.93. The zero-order valence-electron chi connectivity index (χ0n) is 11.6. The lowest BCUT2D eigenvalue weighted by atomic mass is 10.2. The molecule has 21 heavy (non-hydrogen) atoms. The van der Waals surface area contributed by atoms with E-state index in [9.17, 15) is 13.2 Å². The maximum absolute atomic E-state index is 11.9. The molecule has 0 N–H and O–H groups in total. The van der Waals surface area contributed by atoms with Gasteiger partial charge in [-0.2, -0.15) is 0 Å². The Morgan fingerprint density at radius 1 is 1.24 bits per heavy atom. The van der Waals surface area contributed by atoms with E-state index in [0.29, 0.717) is 26.2 Å². The Bertz CT molecular complexity index is 562. The van der Waals surface area contributed by atoms with E-state index in [1.807, 2.05) is 35.2 Å². The molecule has 1 aliphatic heterocycles. The topological polar surface area (TPSA) is 63.7 Å². The number of benzene rings is 1. The maximum Gasteiger partial charge on any atom is 0.323 e. The van der Waals surface area contributed by atoms with Gasteiger partial charge in [0, 0.05) is 19.6 Å². The van der Waals surface area contributed by atoms with Crippen LogP contribution in [0, 0.1) is 0 Å². The van der Waals surface area contributed by atoms with Gasteiger partial charge >= 0.3 is 5.97 Å². The van der Waals surface area contributed by atoms with Gasteiger partial charge < -0.3 is 4.74 Å². The molecule has 0 radical (unpaired) electrons. The minimum absolute atomic E-state index is 0.194. The molecule has 1 aromatic rings. The van der Waals surface area contributed by atoms with E-state index in [0.717, 1.165) is 5.56 Å². The van der Waals surface area contributed by atoms with Crippen molar-refractivity contribution in [1.29, 1.82) is 0 Å². The average Bonchev–Trinajstić information content (AvgIpc) is 2.49. The van der Waals surface area contributed by atoms with Crippen molar-refractivity contribution in [2.24, 2.45) is 0 Å². The van der Waals surface area contributed by atoms with E-state index in [1.54, 1.807) is 0 Å². The zero-order chi connectivity index (χ0) is 15.3. The van der Waals surface area contributed by atoms with Crippen LogP contribution in [0.25, 0.3) is 0 Å². The molecule has 1 aromatic carbocycles. The summed E-state index contributed by atoms with van der Waals surface area (Å²) in [6.45, 7) is 1.92. The SMILES string of the molecule is O=C(OCCN1CCS(=O)(=O)CC1)C(I)c1ccccc1. The first-order valence-electron chi connectivity index (χ1n) is 6.76. The molecule has 0 aromatic heterocycles. The van der Waals surface area contributed by atoms with Crippen LogP contribution in [0.2, 0.25) is 0 Å². The Kier molecular flexibility index (Phi) is 6.00. The summed E-state index contributed by atoms with van der Waals surface area (Å²) in [7, 11) is -2.86. The first kappa shape index (κ1) is 16.7. The van der Waals surface area contributed by atoms with Crippen LogP contribution in [0.5, 0.6) is 0 Å². The molecule has 0 aliphatic carbocycles. The molecule has 1 atom stereocenters. The van der Waals surface area contributed by atoms with Crippen molar-refractivity contribution in [3.63, 3.8) is 0 Å². The first-order chi connectivity index (χ1) is 9.98. The fourth-order valence-electron chi connectivity index (χ4n) is 2.08. The lowest BCUT2D eigenvalue weighted by molar-refractivity contribution is -0.143. The number of carbonyl (C=O) groups excluding carboxylic acids is 1. The molecule has 1 saturated heterocycles. The van der Waals surface area contributed by atoms with Crippen molar-refractivity contribution in [1.82, 2.24) is 4.90 Å². The Balaban J connectivity index is 1.72. The van der Waals surface area contributed by atoms with Gasteiger partial charge in [0.25, 0.3) is 0 Å². The number of halogens is 1. The van der Waals surface area contributed by atoms with Crippen LogP contribution < -0.4 is 0 Å². The van der Waals surface area contributed by atoms with Crippen molar-refractivity contribution in [3.8, 4) is 0 Å². The monoisotopic (exact) mass is 423 g/mol. The summed E-state index contributed by atoms with van der Waals surface area (Å²) in [5.74, 6) is 0.131. The van der Waals surface area contributed by atoms with Gasteiger partial charge in [-0.3, -0.25) is 9.69 Å². The van der Waals surface area contributed by atoms with Crippen LogP contribution in [-0.4, -0.2) is 57.0 Å². The number of hydrogen-bond donors (Lipinski definition) is 0. The molecule has 0 amide bonds. The number of carbonyl (C=O) groups is 1. The lowest BCUT2D eigenvalue weighted by Crippen LogP contribution is -2.42. The zero-order valence-corrected chi connectivity index (χ0v) is 14.5. The quantitative estimate of drug-likeness (QED) is 0.408. The summed E-state index contributed by atoms with van der Waals surface area (Å²) < 4.78 is 27.6. The highest BCUT2D eigenvalue weighted by Gasteiger charge is 2.22. The Morgan fingerprint density at radius 3 is 2.48 bits per heavy atom. The number of rotatable bonds is 5. The van der Waals surface area contributed by atoms with E-state index >= 15 is 0 Å². The minimum Gasteiger partial charge on any atom is -0.463 e. The van der Waals surface area contributed by atoms with Gasteiger partial charge in [0.1, 0.15) is 10.5 Å². The second kappa shape index (κ2) is 7.55. The maximum atomic E-state index is 11.9. The van der Waals surface area contributed by atoms with E-state index in [1.165, 1.54) is 0 Å². The Hall–Kier alpha value is -0.670. The molecule has 0 bridgehead atoms. The van der Waals surface area contributed by atoms with E-state index in [2.05, 4.69) is 22.6 Å². The molecule has 2 rings (SSSR count). The minimum atomic E-state index is -2.86. The van der Waals surface area contributed by atoms with Gasteiger partial charge in [-0.1, -0.05) is 52.9 Å². The molecule has 1 unspecified atom stereocenters. The largest absolute Gasteiger partial charge is 0.463 e. The summed E-state index contributed by atoms with van der Waals surface area (Å²) >= 11 is 2.06. The molecule has 5 nitrogen and oxygen atoms in total. The molecule has 1 aliphatic rings. The third-order valence-corrected chi connectivity index (χ3v) is 6.22. The molecule has 116 valence electrons. The van der Waals surface area contributed by atoms with Gasteiger partial charge in [-0.05, 0) is 5.56 Å². The summed E-state index contributed by atoms with van der Waals surface area (Å²) in [6.07, 6.45) is 0. The number of ether oxygens (including phenoxy) is 1. The molecular formula is C14H18INO4S. The first-order valence-corrected chi connectivity index (χ1v) is 9.83. The van der Waals surface area contributed by atoms with Gasteiger partial charge in [0.05, 0.1) is 11.5 Å². The summed E-state index contributed by atoms with van der Waals surface area (Å²) in [5, 5.41) is 0. The van der Waals surface area contributed by atoms with Crippen molar-refractivity contribution in [3.05, 3.63) is 35.9 Å². The Morgan fingerprint density at radius 2 is 1.86 bits per heavy atom. The molecule has 7 heteroatoms. The summed E-state index contributed by atoms with van der Waals surface area (Å²) in [4.78, 5) is 14.0. The van der Waals surface area contributed by atoms with Gasteiger partial charge in [-0.25, -0.2) is 8.42 Å². The summed E-state index contributed by atoms with van der Waals surface area (Å²) in [5.41, 5.74) is 0.923. The number of sulfone groups is 1. The van der Waals surface area contributed by atoms with Crippen molar-refractivity contribution in [2.45, 2.75) is 3.92 Å². The van der Waals surface area contributed by atoms with E-state index in [-0.39, 0.29) is 21.4 Å². The number of hydrogen-bond acceptors (Lipinski definition) is 5. The average molecular weight is 423 g/mol. The van der Waals surface area contributed by atoms with Crippen LogP contribution in [-0.2, 0) is 19.4 Å². The normalized spacial score (nSPS) is 19.9. The predicted molar refractivity (Wildman–Crippen MR) is 89.3 cm³/mol. The van der Waals surface area contributed by atoms with Crippen LogP contribution in [0.1, 0.15) is 9.49 Å². The van der Waals surface area contributed by atoms with Crippen LogP contribution in [0.3, 0.4) is 0 Å². The number of alkyl halides is 1.